The lowest BCUT2D eigenvalue weighted by molar-refractivity contribution is -0.119. The zero-order valence-corrected chi connectivity index (χ0v) is 13.1. The van der Waals surface area contributed by atoms with E-state index in [4.69, 9.17) is 15.7 Å². The van der Waals surface area contributed by atoms with E-state index in [1.165, 1.54) is 0 Å². The second-order valence-electron chi connectivity index (χ2n) is 5.54. The fraction of sp³-hybridized carbons (Fsp3) is 0.294. The number of amides is 1. The first-order valence-corrected chi connectivity index (χ1v) is 7.74. The highest BCUT2D eigenvalue weighted by molar-refractivity contribution is 5.83. The second-order valence-corrected chi connectivity index (χ2v) is 5.54. The van der Waals surface area contributed by atoms with Crippen molar-refractivity contribution >= 4 is 11.9 Å². The topological polar surface area (TPSA) is 105 Å². The normalized spacial score (nSPS) is 17.1. The highest BCUT2D eigenvalue weighted by Gasteiger charge is 2.29. The predicted molar refractivity (Wildman–Crippen MR) is 87.4 cm³/mol. The number of aromatic nitrogens is 2. The minimum atomic E-state index is -0.393. The molecule has 2 heterocycles. The number of carbonyl (C=O) groups is 1. The van der Waals surface area contributed by atoms with E-state index in [9.17, 15) is 4.79 Å². The van der Waals surface area contributed by atoms with Crippen molar-refractivity contribution in [3.05, 3.63) is 42.1 Å². The zero-order chi connectivity index (χ0) is 16.9. The number of piperidine rings is 1. The van der Waals surface area contributed by atoms with E-state index in [1.54, 1.807) is 36.5 Å². The summed E-state index contributed by atoms with van der Waals surface area (Å²) in [6.07, 6.45) is 4.20. The molecule has 2 aromatic rings. The van der Waals surface area contributed by atoms with E-state index < -0.39 is 6.04 Å². The number of hydrogen-bond acceptors (Lipinski definition) is 6. The van der Waals surface area contributed by atoms with Gasteiger partial charge in [0.2, 0.25) is 17.7 Å². The molecule has 1 aromatic heterocycles. The smallest absolute Gasteiger partial charge is 0.240 e. The Kier molecular flexibility index (Phi) is 4.57. The Morgan fingerprint density at radius 1 is 1.38 bits per heavy atom. The van der Waals surface area contributed by atoms with Crippen LogP contribution in [0.25, 0.3) is 0 Å². The lowest BCUT2D eigenvalue weighted by atomic mass is 10.0. The van der Waals surface area contributed by atoms with Gasteiger partial charge in [0.05, 0.1) is 11.6 Å². The number of carbonyl (C=O) groups excluding carboxylic acids is 1. The van der Waals surface area contributed by atoms with Gasteiger partial charge in [-0.05, 0) is 37.5 Å². The van der Waals surface area contributed by atoms with E-state index in [1.807, 2.05) is 4.90 Å². The molecular weight excluding hydrogens is 306 g/mol. The summed E-state index contributed by atoms with van der Waals surface area (Å²) in [5.41, 5.74) is 6.00. The molecule has 2 N–H and O–H groups in total. The lowest BCUT2D eigenvalue weighted by Gasteiger charge is -2.33. The maximum atomic E-state index is 11.6. The molecule has 122 valence electrons. The van der Waals surface area contributed by atoms with Crippen LogP contribution in [-0.2, 0) is 4.79 Å². The molecule has 0 spiro atoms. The van der Waals surface area contributed by atoms with Crippen molar-refractivity contribution in [1.82, 2.24) is 9.97 Å². The van der Waals surface area contributed by atoms with E-state index in [2.05, 4.69) is 16.0 Å². The van der Waals surface area contributed by atoms with Crippen LogP contribution in [0, 0.1) is 11.3 Å². The van der Waals surface area contributed by atoms with Crippen molar-refractivity contribution in [1.29, 1.82) is 5.26 Å². The van der Waals surface area contributed by atoms with Gasteiger partial charge in [-0.25, -0.2) is 4.98 Å². The molecule has 0 bridgehead atoms. The molecule has 1 aliphatic heterocycles. The van der Waals surface area contributed by atoms with E-state index in [0.29, 0.717) is 36.1 Å². The van der Waals surface area contributed by atoms with Gasteiger partial charge in [0.25, 0.3) is 0 Å². The Balaban J connectivity index is 1.83. The van der Waals surface area contributed by atoms with E-state index in [0.717, 1.165) is 12.8 Å². The highest BCUT2D eigenvalue weighted by atomic mass is 16.5. The third kappa shape index (κ3) is 3.43. The van der Waals surface area contributed by atoms with Crippen molar-refractivity contribution in [2.24, 2.45) is 5.73 Å². The molecule has 1 aromatic carbocycles. The van der Waals surface area contributed by atoms with Crippen molar-refractivity contribution < 1.29 is 9.53 Å². The number of nitriles is 1. The van der Waals surface area contributed by atoms with Crippen LogP contribution in [0.3, 0.4) is 0 Å². The molecule has 7 nitrogen and oxygen atoms in total. The first-order chi connectivity index (χ1) is 11.7. The van der Waals surface area contributed by atoms with Gasteiger partial charge in [0.15, 0.2) is 0 Å². The first-order valence-electron chi connectivity index (χ1n) is 7.74. The van der Waals surface area contributed by atoms with Crippen molar-refractivity contribution in [2.45, 2.75) is 25.3 Å². The van der Waals surface area contributed by atoms with Crippen LogP contribution in [0.5, 0.6) is 11.6 Å². The summed E-state index contributed by atoms with van der Waals surface area (Å²) in [7, 11) is 0. The second kappa shape index (κ2) is 6.96. The average molecular weight is 323 g/mol. The SMILES string of the molecule is N#Cc1cccc(Oc2ccnc(N3CCCCC3C(N)=O)n2)c1. The zero-order valence-electron chi connectivity index (χ0n) is 13.1. The summed E-state index contributed by atoms with van der Waals surface area (Å²) in [5, 5.41) is 8.94. The van der Waals surface area contributed by atoms with Gasteiger partial charge >= 0.3 is 0 Å². The number of rotatable bonds is 4. The molecule has 1 atom stereocenters. The number of nitrogens with two attached hydrogens (primary N) is 1. The molecule has 1 unspecified atom stereocenters. The van der Waals surface area contributed by atoms with Gasteiger partial charge in [-0.1, -0.05) is 6.07 Å². The highest BCUT2D eigenvalue weighted by Crippen LogP contribution is 2.25. The molecule has 0 aliphatic carbocycles. The van der Waals surface area contributed by atoms with Crippen molar-refractivity contribution in [3.8, 4) is 17.7 Å². The third-order valence-corrected chi connectivity index (χ3v) is 3.89. The van der Waals surface area contributed by atoms with Crippen LogP contribution < -0.4 is 15.4 Å². The Morgan fingerprint density at radius 3 is 3.04 bits per heavy atom. The molecule has 1 aliphatic rings. The van der Waals surface area contributed by atoms with E-state index in [-0.39, 0.29) is 5.91 Å². The van der Waals surface area contributed by atoms with Gasteiger partial charge in [0.1, 0.15) is 11.8 Å². The minimum Gasteiger partial charge on any atom is -0.439 e. The average Bonchev–Trinajstić information content (AvgIpc) is 2.62. The van der Waals surface area contributed by atoms with Crippen molar-refractivity contribution in [3.63, 3.8) is 0 Å². The predicted octanol–water partition coefficient (Wildman–Crippen LogP) is 1.98. The fourth-order valence-corrected chi connectivity index (χ4v) is 2.74. The maximum absolute atomic E-state index is 11.6. The summed E-state index contributed by atoms with van der Waals surface area (Å²) in [5.74, 6) is 0.923. The fourth-order valence-electron chi connectivity index (χ4n) is 2.74. The molecule has 1 fully saturated rings. The molecule has 7 heteroatoms. The molecule has 0 radical (unpaired) electrons. The molecular formula is C17H17N5O2. The Labute approximate surface area is 139 Å². The minimum absolute atomic E-state index is 0.351. The summed E-state index contributed by atoms with van der Waals surface area (Å²) in [6, 6.07) is 10.1. The van der Waals surface area contributed by atoms with Crippen LogP contribution in [0.2, 0.25) is 0 Å². The number of hydrogen-bond donors (Lipinski definition) is 1. The van der Waals surface area contributed by atoms with Gasteiger partial charge in [-0.3, -0.25) is 4.79 Å². The van der Waals surface area contributed by atoms with E-state index >= 15 is 0 Å². The summed E-state index contributed by atoms with van der Waals surface area (Å²) >= 11 is 0. The standard InChI is InChI=1S/C17H17N5O2/c18-11-12-4-3-5-13(10-12)24-15-7-8-20-17(21-15)22-9-2-1-6-14(22)16(19)23/h3-5,7-8,10,14H,1-2,6,9H2,(H2,19,23). The van der Waals surface area contributed by atoms with Crippen LogP contribution in [0.15, 0.2) is 36.5 Å². The summed E-state index contributed by atoms with van der Waals surface area (Å²) in [4.78, 5) is 22.1. The van der Waals surface area contributed by atoms with Gasteiger partial charge < -0.3 is 15.4 Å². The third-order valence-electron chi connectivity index (χ3n) is 3.89. The van der Waals surface area contributed by atoms with Crippen molar-refractivity contribution in [2.75, 3.05) is 11.4 Å². The lowest BCUT2D eigenvalue weighted by Crippen LogP contribution is -2.48. The summed E-state index contributed by atoms with van der Waals surface area (Å²) < 4.78 is 5.70. The monoisotopic (exact) mass is 323 g/mol. The number of anilines is 1. The van der Waals surface area contributed by atoms with Gasteiger partial charge in [-0.15, -0.1) is 0 Å². The molecule has 24 heavy (non-hydrogen) atoms. The van der Waals surface area contributed by atoms with Crippen LogP contribution in [0.4, 0.5) is 5.95 Å². The summed E-state index contributed by atoms with van der Waals surface area (Å²) in [6.45, 7) is 0.682. The number of primary amides is 1. The largest absolute Gasteiger partial charge is 0.439 e. The van der Waals surface area contributed by atoms with Crippen LogP contribution in [-0.4, -0.2) is 28.5 Å². The molecule has 1 amide bonds. The Hall–Kier alpha value is -3.14. The molecule has 1 saturated heterocycles. The maximum Gasteiger partial charge on any atom is 0.240 e. The first kappa shape index (κ1) is 15.7. The Morgan fingerprint density at radius 2 is 2.25 bits per heavy atom. The number of benzene rings is 1. The molecule has 3 rings (SSSR count). The van der Waals surface area contributed by atoms with Crippen LogP contribution >= 0.6 is 0 Å². The molecule has 0 saturated carbocycles. The van der Waals surface area contributed by atoms with Crippen LogP contribution in [0.1, 0.15) is 24.8 Å². The quantitative estimate of drug-likeness (QED) is 0.922. The number of ether oxygens (including phenoxy) is 1. The van der Waals surface area contributed by atoms with Gasteiger partial charge in [0, 0.05) is 18.8 Å². The van der Waals surface area contributed by atoms with Gasteiger partial charge in [-0.2, -0.15) is 10.2 Å². The number of nitrogens with zero attached hydrogens (tertiary/aromatic N) is 4. The Bertz CT molecular complexity index is 787.